The zero-order valence-corrected chi connectivity index (χ0v) is 14.3. The van der Waals surface area contributed by atoms with Gasteiger partial charge in [0.25, 0.3) is 5.69 Å². The molecule has 0 spiro atoms. The molecule has 19 heavy (non-hydrogen) atoms. The van der Waals surface area contributed by atoms with Gasteiger partial charge in [-0.1, -0.05) is 11.6 Å². The van der Waals surface area contributed by atoms with E-state index in [1.807, 2.05) is 0 Å². The van der Waals surface area contributed by atoms with Crippen LogP contribution in [0.4, 0.5) is 11.4 Å². The fourth-order valence-corrected chi connectivity index (χ4v) is 2.56. The van der Waals surface area contributed by atoms with Crippen molar-refractivity contribution in [1.82, 2.24) is 0 Å². The van der Waals surface area contributed by atoms with E-state index in [2.05, 4.69) is 0 Å². The average molecular weight is 335 g/mol. The molecule has 0 amide bonds. The monoisotopic (exact) mass is 334 g/mol. The van der Waals surface area contributed by atoms with E-state index >= 15 is 0 Å². The van der Waals surface area contributed by atoms with Crippen LogP contribution in [0.15, 0.2) is 11.0 Å². The molecular weight excluding hydrogens is 331 g/mol. The second kappa shape index (κ2) is 6.54. The van der Waals surface area contributed by atoms with Crippen LogP contribution < -0.4 is 51.4 Å². The van der Waals surface area contributed by atoms with Crippen LogP contribution in [-0.4, -0.2) is 22.8 Å². The van der Waals surface area contributed by atoms with Gasteiger partial charge in [0.1, 0.15) is 15.0 Å². The number of aryl methyl sites for hydroxylation is 1. The van der Waals surface area contributed by atoms with Crippen LogP contribution >= 0.6 is 11.6 Å². The minimum absolute atomic E-state index is 0. The van der Waals surface area contributed by atoms with Crippen LogP contribution in [0.25, 0.3) is 0 Å². The van der Waals surface area contributed by atoms with Gasteiger partial charge in [-0.15, -0.1) is 0 Å². The number of halogens is 1. The topological polar surface area (TPSA) is 143 Å². The Hall–Kier alpha value is -0.144. The fourth-order valence-electron chi connectivity index (χ4n) is 1.35. The average Bonchev–Trinajstić information content (AvgIpc) is 2.17. The Balaban J connectivity index is 0.00000324. The van der Waals surface area contributed by atoms with Crippen LogP contribution in [0.3, 0.4) is 0 Å². The van der Waals surface area contributed by atoms with E-state index in [4.69, 9.17) is 11.6 Å². The van der Waals surface area contributed by atoms with Crippen LogP contribution in [0.1, 0.15) is 5.56 Å². The number of nitro groups is 2. The third-order valence-corrected chi connectivity index (χ3v) is 3.38. The second-order valence-electron chi connectivity index (χ2n) is 3.17. The van der Waals surface area contributed by atoms with Gasteiger partial charge in [0, 0.05) is 6.07 Å². The van der Waals surface area contributed by atoms with E-state index < -0.39 is 46.8 Å². The normalized spacial score (nSPS) is 10.7. The van der Waals surface area contributed by atoms with Crippen molar-refractivity contribution in [3.63, 3.8) is 0 Å². The summed E-state index contributed by atoms with van der Waals surface area (Å²) in [4.78, 5) is 17.9. The van der Waals surface area contributed by atoms with E-state index in [0.717, 1.165) is 6.92 Å². The van der Waals surface area contributed by atoms with Gasteiger partial charge in [0.2, 0.25) is 0 Å². The molecule has 1 rings (SSSR count). The molecule has 9 nitrogen and oxygen atoms in total. The minimum Gasteiger partial charge on any atom is -0.744 e. The first-order valence-corrected chi connectivity index (χ1v) is 5.93. The van der Waals surface area contributed by atoms with Gasteiger partial charge in [-0.05, 0) is 12.5 Å². The molecule has 0 fully saturated rings. The quantitative estimate of drug-likeness (QED) is 0.279. The first-order valence-electron chi connectivity index (χ1n) is 4.15. The molecule has 0 aliphatic carbocycles. The molecule has 0 N–H and O–H groups in total. The number of hydrogen-bond acceptors (Lipinski definition) is 7. The zero-order chi connectivity index (χ0) is 14.2. The smallest absolute Gasteiger partial charge is 0.744 e. The predicted molar refractivity (Wildman–Crippen MR) is 57.5 cm³/mol. The van der Waals surface area contributed by atoms with Crippen LogP contribution in [0, 0.1) is 27.2 Å². The summed E-state index contributed by atoms with van der Waals surface area (Å²) < 4.78 is 32.8. The van der Waals surface area contributed by atoms with Gasteiger partial charge in [0.05, 0.1) is 9.85 Å². The first-order chi connectivity index (χ1) is 8.07. The maximum atomic E-state index is 10.9. The van der Waals surface area contributed by atoms with E-state index in [1.54, 1.807) is 0 Å². The van der Waals surface area contributed by atoms with Crippen molar-refractivity contribution in [2.45, 2.75) is 11.8 Å². The van der Waals surface area contributed by atoms with Crippen LogP contribution in [0.2, 0.25) is 5.02 Å². The molecule has 0 heterocycles. The Morgan fingerprint density at radius 2 is 1.68 bits per heavy atom. The second-order valence-corrected chi connectivity index (χ2v) is 4.87. The third-order valence-electron chi connectivity index (χ3n) is 1.99. The Morgan fingerprint density at radius 1 is 1.21 bits per heavy atom. The van der Waals surface area contributed by atoms with Crippen molar-refractivity contribution >= 4 is 33.1 Å². The molecule has 1 aromatic rings. The number of rotatable bonds is 3. The van der Waals surface area contributed by atoms with Crippen molar-refractivity contribution in [3.8, 4) is 0 Å². The SMILES string of the molecule is Cc1cc([N+](=O)[O-])c(Cl)c([N+](=O)[O-])c1S(=O)(=O)[O-].[K+]. The van der Waals surface area contributed by atoms with Gasteiger partial charge in [0.15, 0.2) is 5.02 Å². The largest absolute Gasteiger partial charge is 1.00 e. The summed E-state index contributed by atoms with van der Waals surface area (Å²) in [5.41, 5.74) is -2.53. The Kier molecular flexibility index (Phi) is 6.49. The van der Waals surface area contributed by atoms with Crippen molar-refractivity contribution < 1.29 is 74.2 Å². The number of nitro benzene ring substituents is 2. The first kappa shape index (κ1) is 18.9. The summed E-state index contributed by atoms with van der Waals surface area (Å²) in [6.45, 7) is 1.03. The molecule has 0 aromatic heterocycles. The molecule has 0 bridgehead atoms. The zero-order valence-electron chi connectivity index (χ0n) is 9.62. The molecule has 98 valence electrons. The van der Waals surface area contributed by atoms with Gasteiger partial charge >= 0.3 is 57.1 Å². The van der Waals surface area contributed by atoms with Crippen molar-refractivity contribution in [2.75, 3.05) is 0 Å². The molecule has 0 saturated heterocycles. The summed E-state index contributed by atoms with van der Waals surface area (Å²) in [6, 6.07) is 0.695. The molecule has 12 heteroatoms. The summed E-state index contributed by atoms with van der Waals surface area (Å²) >= 11 is 5.40. The van der Waals surface area contributed by atoms with Crippen molar-refractivity contribution in [3.05, 3.63) is 36.9 Å². The molecule has 0 radical (unpaired) electrons. The molecular formula is C7H4ClKN2O7S. The standard InChI is InChI=1S/C7H5ClN2O7S.K/c1-3-2-4(9(11)12)5(8)6(10(13)14)7(3)18(15,16)17;/h2H,1H3,(H,15,16,17);/q;+1/p-1. The van der Waals surface area contributed by atoms with E-state index in [1.165, 1.54) is 0 Å². The molecule has 0 aliphatic heterocycles. The molecule has 1 aromatic carbocycles. The Bertz CT molecular complexity index is 660. The minimum atomic E-state index is -5.17. The Morgan fingerprint density at radius 3 is 2.00 bits per heavy atom. The summed E-state index contributed by atoms with van der Waals surface area (Å²) in [5, 5.41) is 20.3. The Labute approximate surface area is 154 Å². The maximum absolute atomic E-state index is 10.9. The van der Waals surface area contributed by atoms with Gasteiger partial charge in [-0.3, -0.25) is 20.2 Å². The third kappa shape index (κ3) is 3.92. The van der Waals surface area contributed by atoms with Crippen molar-refractivity contribution in [1.29, 1.82) is 0 Å². The van der Waals surface area contributed by atoms with Crippen LogP contribution in [-0.2, 0) is 10.1 Å². The molecule has 0 saturated carbocycles. The van der Waals surface area contributed by atoms with Crippen molar-refractivity contribution in [2.24, 2.45) is 0 Å². The number of hydrogen-bond donors (Lipinski definition) is 0. The molecule has 0 unspecified atom stereocenters. The number of nitrogens with zero attached hydrogens (tertiary/aromatic N) is 2. The fraction of sp³-hybridized carbons (Fsp3) is 0.143. The predicted octanol–water partition coefficient (Wildman–Crippen LogP) is -1.63. The van der Waals surface area contributed by atoms with E-state index in [0.29, 0.717) is 6.07 Å². The van der Waals surface area contributed by atoms with Gasteiger partial charge < -0.3 is 4.55 Å². The summed E-state index contributed by atoms with van der Waals surface area (Å²) in [6.07, 6.45) is 0. The summed E-state index contributed by atoms with van der Waals surface area (Å²) in [5.74, 6) is 0. The van der Waals surface area contributed by atoms with E-state index in [9.17, 15) is 33.2 Å². The van der Waals surface area contributed by atoms with Gasteiger partial charge in [-0.2, -0.15) is 0 Å². The number of benzene rings is 1. The maximum Gasteiger partial charge on any atom is 1.00 e. The van der Waals surface area contributed by atoms with Crippen LogP contribution in [0.5, 0.6) is 0 Å². The van der Waals surface area contributed by atoms with E-state index in [-0.39, 0.29) is 51.4 Å². The van der Waals surface area contributed by atoms with Gasteiger partial charge in [-0.25, -0.2) is 8.42 Å². The summed E-state index contributed by atoms with van der Waals surface area (Å²) in [7, 11) is -5.17. The molecule has 0 atom stereocenters. The molecule has 0 aliphatic rings.